The van der Waals surface area contributed by atoms with Gasteiger partial charge >= 0.3 is 6.18 Å². The molecule has 1 aromatic rings. The molecule has 5 fully saturated rings. The van der Waals surface area contributed by atoms with Crippen molar-refractivity contribution >= 4 is 5.91 Å². The Labute approximate surface area is 158 Å². The minimum Gasteiger partial charge on any atom is -0.330 e. The van der Waals surface area contributed by atoms with E-state index >= 15 is 0 Å². The number of β-lactam (4-membered cyclic amide) rings is 1. The average Bonchev–Trinajstić information content (AvgIpc) is 2.58. The normalized spacial score (nSPS) is 39.6. The van der Waals surface area contributed by atoms with Gasteiger partial charge in [0, 0.05) is 6.04 Å². The number of hydrogen-bond donors (Lipinski definition) is 0. The molecular formula is C22H26F3NO. The van der Waals surface area contributed by atoms with Gasteiger partial charge in [-0.05, 0) is 81.3 Å². The Morgan fingerprint density at radius 1 is 0.963 bits per heavy atom. The number of nitrogens with zero attached hydrogens (tertiary/aromatic N) is 1. The summed E-state index contributed by atoms with van der Waals surface area (Å²) in [7, 11) is 0. The second-order valence-corrected chi connectivity index (χ2v) is 9.84. The number of halogens is 3. The molecule has 146 valence electrons. The highest BCUT2D eigenvalue weighted by Crippen LogP contribution is 2.61. The van der Waals surface area contributed by atoms with E-state index in [2.05, 4.69) is 0 Å². The molecule has 1 atom stereocenters. The summed E-state index contributed by atoms with van der Waals surface area (Å²) in [6.45, 7) is 3.61. The summed E-state index contributed by atoms with van der Waals surface area (Å²) in [6, 6.07) is 5.48. The average molecular weight is 377 g/mol. The summed E-state index contributed by atoms with van der Waals surface area (Å²) in [5.74, 6) is 2.52. The first-order valence-electron chi connectivity index (χ1n) is 10.2. The molecule has 27 heavy (non-hydrogen) atoms. The van der Waals surface area contributed by atoms with Gasteiger partial charge in [0.25, 0.3) is 0 Å². The van der Waals surface area contributed by atoms with Gasteiger partial charge in [-0.15, -0.1) is 0 Å². The maximum Gasteiger partial charge on any atom is 0.416 e. The summed E-state index contributed by atoms with van der Waals surface area (Å²) in [4.78, 5) is 15.0. The van der Waals surface area contributed by atoms with Crippen LogP contribution in [0.3, 0.4) is 0 Å². The Morgan fingerprint density at radius 3 is 2.07 bits per heavy atom. The number of amides is 1. The van der Waals surface area contributed by atoms with Crippen LogP contribution < -0.4 is 0 Å². The molecule has 4 bridgehead atoms. The van der Waals surface area contributed by atoms with E-state index in [-0.39, 0.29) is 17.5 Å². The van der Waals surface area contributed by atoms with E-state index in [4.69, 9.17) is 0 Å². The minimum absolute atomic E-state index is 0.0296. The van der Waals surface area contributed by atoms with E-state index in [9.17, 15) is 18.0 Å². The van der Waals surface area contributed by atoms with Crippen molar-refractivity contribution in [2.75, 3.05) is 0 Å². The number of carbonyl (C=O) groups excluding carboxylic acids is 1. The van der Waals surface area contributed by atoms with E-state index in [0.29, 0.717) is 11.8 Å². The van der Waals surface area contributed by atoms with Gasteiger partial charge in [-0.1, -0.05) is 18.2 Å². The predicted molar refractivity (Wildman–Crippen MR) is 95.6 cm³/mol. The first-order chi connectivity index (χ1) is 12.7. The van der Waals surface area contributed by atoms with Crippen LogP contribution in [0, 0.1) is 29.1 Å². The van der Waals surface area contributed by atoms with Gasteiger partial charge in [0.15, 0.2) is 0 Å². The number of likely N-dealkylation sites (tertiary alicyclic amines) is 1. The molecule has 2 nitrogen and oxygen atoms in total. The van der Waals surface area contributed by atoms with Crippen molar-refractivity contribution in [2.45, 2.75) is 64.2 Å². The highest BCUT2D eigenvalue weighted by molar-refractivity contribution is 5.90. The number of carbonyl (C=O) groups is 1. The molecule has 0 radical (unpaired) electrons. The van der Waals surface area contributed by atoms with Crippen molar-refractivity contribution in [1.29, 1.82) is 0 Å². The van der Waals surface area contributed by atoms with Crippen LogP contribution in [-0.2, 0) is 11.0 Å². The highest BCUT2D eigenvalue weighted by atomic mass is 19.4. The Morgan fingerprint density at radius 2 is 1.52 bits per heavy atom. The fourth-order valence-electron chi connectivity index (χ4n) is 7.04. The predicted octanol–water partition coefficient (Wildman–Crippen LogP) is 5.44. The fourth-order valence-corrected chi connectivity index (χ4v) is 7.04. The second kappa shape index (κ2) is 5.51. The second-order valence-electron chi connectivity index (χ2n) is 9.84. The third-order valence-corrected chi connectivity index (χ3v) is 7.81. The highest BCUT2D eigenvalue weighted by Gasteiger charge is 2.62. The zero-order valence-corrected chi connectivity index (χ0v) is 15.8. The lowest BCUT2D eigenvalue weighted by Gasteiger charge is -2.64. The summed E-state index contributed by atoms with van der Waals surface area (Å²) in [6.07, 6.45) is 1.51. The zero-order valence-electron chi connectivity index (χ0n) is 15.8. The summed E-state index contributed by atoms with van der Waals surface area (Å²) in [5, 5.41) is 0. The molecule has 0 aromatic heterocycles. The summed E-state index contributed by atoms with van der Waals surface area (Å²) >= 11 is 0. The Kier molecular flexibility index (Phi) is 3.59. The van der Waals surface area contributed by atoms with E-state index in [1.165, 1.54) is 12.5 Å². The summed E-state index contributed by atoms with van der Waals surface area (Å²) < 4.78 is 41.0. The van der Waals surface area contributed by atoms with Crippen LogP contribution in [0.25, 0.3) is 0 Å². The van der Waals surface area contributed by atoms with Crippen LogP contribution in [0.4, 0.5) is 13.2 Å². The van der Waals surface area contributed by atoms with E-state index in [0.717, 1.165) is 43.6 Å². The number of hydrogen-bond acceptors (Lipinski definition) is 1. The molecule has 1 saturated heterocycles. The number of benzene rings is 1. The van der Waals surface area contributed by atoms with Crippen LogP contribution in [0.15, 0.2) is 24.3 Å². The van der Waals surface area contributed by atoms with E-state index in [1.54, 1.807) is 26.0 Å². The molecule has 6 rings (SSSR count). The lowest BCUT2D eigenvalue weighted by atomic mass is 9.52. The molecule has 4 aliphatic carbocycles. The van der Waals surface area contributed by atoms with Gasteiger partial charge in [-0.25, -0.2) is 0 Å². The van der Waals surface area contributed by atoms with Crippen LogP contribution in [0.5, 0.6) is 0 Å². The van der Waals surface area contributed by atoms with Crippen LogP contribution >= 0.6 is 0 Å². The van der Waals surface area contributed by atoms with Gasteiger partial charge in [-0.3, -0.25) is 4.79 Å². The molecule has 1 heterocycles. The minimum atomic E-state index is -4.40. The maximum absolute atomic E-state index is 13.7. The van der Waals surface area contributed by atoms with Crippen molar-refractivity contribution in [3.05, 3.63) is 35.4 Å². The monoisotopic (exact) mass is 377 g/mol. The zero-order chi connectivity index (χ0) is 19.1. The SMILES string of the molecule is CC1(C)C(=O)N(C2C3CC4CC(C3)CC2C4)C1c1ccccc1C(F)(F)F. The van der Waals surface area contributed by atoms with Gasteiger partial charge in [0.1, 0.15) is 0 Å². The van der Waals surface area contributed by atoms with Gasteiger partial charge < -0.3 is 4.90 Å². The molecule has 1 aromatic carbocycles. The maximum atomic E-state index is 13.7. The van der Waals surface area contributed by atoms with Crippen molar-refractivity contribution in [1.82, 2.24) is 4.90 Å². The fraction of sp³-hybridized carbons (Fsp3) is 0.682. The molecule has 0 spiro atoms. The third-order valence-electron chi connectivity index (χ3n) is 7.81. The first-order valence-corrected chi connectivity index (χ1v) is 10.2. The molecule has 4 saturated carbocycles. The molecule has 1 aliphatic heterocycles. The first kappa shape index (κ1) is 17.6. The number of alkyl halides is 3. The van der Waals surface area contributed by atoms with Gasteiger partial charge in [-0.2, -0.15) is 13.2 Å². The van der Waals surface area contributed by atoms with Gasteiger partial charge in [0.05, 0.1) is 17.0 Å². The number of rotatable bonds is 2. The Balaban J connectivity index is 1.55. The van der Waals surface area contributed by atoms with Crippen molar-refractivity contribution < 1.29 is 18.0 Å². The molecule has 0 N–H and O–H groups in total. The topological polar surface area (TPSA) is 20.3 Å². The van der Waals surface area contributed by atoms with Crippen LogP contribution in [0.2, 0.25) is 0 Å². The molecular weight excluding hydrogens is 351 g/mol. The van der Waals surface area contributed by atoms with E-state index in [1.807, 2.05) is 4.90 Å². The molecule has 5 heteroatoms. The molecule has 1 unspecified atom stereocenters. The standard InChI is InChI=1S/C22H26F3NO/c1-21(2)19(16-5-3-4-6-17(16)22(23,24)25)26(20(21)27)18-14-8-12-7-13(10-14)11-15(18)9-12/h3-6,12-15,18-19H,7-11H2,1-2H3. The molecule has 1 amide bonds. The quantitative estimate of drug-likeness (QED) is 0.629. The lowest BCUT2D eigenvalue weighted by Crippen LogP contribution is -2.69. The van der Waals surface area contributed by atoms with Crippen molar-refractivity contribution in [2.24, 2.45) is 29.1 Å². The van der Waals surface area contributed by atoms with Crippen molar-refractivity contribution in [3.63, 3.8) is 0 Å². The molecule has 5 aliphatic rings. The Bertz CT molecular complexity index is 756. The van der Waals surface area contributed by atoms with Gasteiger partial charge in [0.2, 0.25) is 5.91 Å². The summed E-state index contributed by atoms with van der Waals surface area (Å²) in [5.41, 5.74) is -1.11. The lowest BCUT2D eigenvalue weighted by molar-refractivity contribution is -0.193. The van der Waals surface area contributed by atoms with Crippen LogP contribution in [0.1, 0.15) is 63.1 Å². The largest absolute Gasteiger partial charge is 0.416 e. The van der Waals surface area contributed by atoms with E-state index < -0.39 is 23.2 Å². The third kappa shape index (κ3) is 2.42. The smallest absolute Gasteiger partial charge is 0.330 e. The van der Waals surface area contributed by atoms with Crippen LogP contribution in [-0.4, -0.2) is 16.8 Å². The Hall–Kier alpha value is -1.52. The van der Waals surface area contributed by atoms with Crippen molar-refractivity contribution in [3.8, 4) is 0 Å².